The Hall–Kier alpha value is -2.73. The Morgan fingerprint density at radius 3 is 2.62 bits per heavy atom. The molecule has 0 aliphatic heterocycles. The van der Waals surface area contributed by atoms with Crippen LogP contribution in [0.1, 0.15) is 40.5 Å². The molecule has 0 radical (unpaired) electrons. The van der Waals surface area contributed by atoms with Gasteiger partial charge in [-0.3, -0.25) is 9.78 Å². The largest absolute Gasteiger partial charge is 0.325 e. The van der Waals surface area contributed by atoms with Crippen LogP contribution in [-0.2, 0) is 0 Å². The first-order chi connectivity index (χ1) is 12.4. The lowest BCUT2D eigenvalue weighted by atomic mass is 10.0. The highest BCUT2D eigenvalue weighted by Gasteiger charge is 2.41. The highest BCUT2D eigenvalue weighted by molar-refractivity contribution is 6.30. The molecule has 2 atom stereocenters. The second kappa shape index (κ2) is 6.21. The number of aromatic amines is 2. The van der Waals surface area contributed by atoms with Gasteiger partial charge < -0.3 is 4.98 Å². The Bertz CT molecular complexity index is 1120. The quantitative estimate of drug-likeness (QED) is 0.743. The molecular formula is C19H17ClN4O2. The van der Waals surface area contributed by atoms with E-state index in [4.69, 9.17) is 11.6 Å². The minimum absolute atomic E-state index is 0.251. The first-order valence-corrected chi connectivity index (χ1v) is 8.74. The number of nitrogens with one attached hydrogen (secondary N) is 2. The summed E-state index contributed by atoms with van der Waals surface area (Å²) in [4.78, 5) is 27.8. The molecule has 1 aliphatic carbocycles. The number of halogens is 1. The summed E-state index contributed by atoms with van der Waals surface area (Å²) < 4.78 is 0. The average molecular weight is 369 g/mol. The van der Waals surface area contributed by atoms with E-state index >= 15 is 0 Å². The minimum atomic E-state index is -0.558. The Morgan fingerprint density at radius 1 is 1.08 bits per heavy atom. The molecule has 1 aromatic carbocycles. The fraction of sp³-hybridized carbons (Fsp3) is 0.263. The lowest BCUT2D eigenvalue weighted by molar-refractivity contribution is 0.951. The molecule has 2 N–H and O–H groups in total. The molecule has 0 saturated heterocycles. The van der Waals surface area contributed by atoms with E-state index in [-0.39, 0.29) is 11.5 Å². The molecule has 3 aromatic rings. The molecule has 0 spiro atoms. The Kier molecular flexibility index (Phi) is 4.00. The van der Waals surface area contributed by atoms with Crippen molar-refractivity contribution >= 4 is 11.6 Å². The van der Waals surface area contributed by atoms with Crippen molar-refractivity contribution in [1.29, 1.82) is 0 Å². The normalized spacial score (nSPS) is 18.7. The summed E-state index contributed by atoms with van der Waals surface area (Å²) in [5.74, 6) is 0.637. The summed E-state index contributed by atoms with van der Waals surface area (Å²) in [6.07, 6.45) is 2.33. The lowest BCUT2D eigenvalue weighted by Gasteiger charge is -2.07. The van der Waals surface area contributed by atoms with Crippen molar-refractivity contribution in [2.24, 2.45) is 0 Å². The summed E-state index contributed by atoms with van der Waals surface area (Å²) in [5.41, 5.74) is 4.31. The van der Waals surface area contributed by atoms with Crippen LogP contribution in [-0.4, -0.2) is 20.2 Å². The van der Waals surface area contributed by atoms with Crippen molar-refractivity contribution < 1.29 is 0 Å². The summed E-state index contributed by atoms with van der Waals surface area (Å²) in [7, 11) is 0. The number of H-pyrrole nitrogens is 2. The molecule has 2 unspecified atom stereocenters. The molecule has 0 amide bonds. The van der Waals surface area contributed by atoms with E-state index in [1.165, 1.54) is 22.9 Å². The summed E-state index contributed by atoms with van der Waals surface area (Å²) in [6, 6.07) is 8.31. The van der Waals surface area contributed by atoms with E-state index in [0.717, 1.165) is 12.0 Å². The van der Waals surface area contributed by atoms with Gasteiger partial charge in [-0.15, -0.1) is 10.2 Å². The number of aromatic nitrogens is 4. The van der Waals surface area contributed by atoms with Crippen LogP contribution in [0.4, 0.5) is 0 Å². The first-order valence-electron chi connectivity index (χ1n) is 8.36. The molecule has 1 fully saturated rings. The van der Waals surface area contributed by atoms with Crippen LogP contribution in [0.3, 0.4) is 0 Å². The highest BCUT2D eigenvalue weighted by atomic mass is 35.5. The van der Waals surface area contributed by atoms with E-state index in [2.05, 4.69) is 52.2 Å². The number of hydrogen-bond acceptors (Lipinski definition) is 4. The third-order valence-electron chi connectivity index (χ3n) is 5.02. The molecule has 132 valence electrons. The van der Waals surface area contributed by atoms with Crippen molar-refractivity contribution in [3.05, 3.63) is 78.7 Å². The maximum atomic E-state index is 12.0. The van der Waals surface area contributed by atoms with Gasteiger partial charge in [0.1, 0.15) is 5.69 Å². The van der Waals surface area contributed by atoms with Crippen molar-refractivity contribution in [3.8, 4) is 11.3 Å². The van der Waals surface area contributed by atoms with Gasteiger partial charge in [-0.1, -0.05) is 29.8 Å². The molecule has 2 heterocycles. The second-order valence-corrected chi connectivity index (χ2v) is 7.11. The van der Waals surface area contributed by atoms with Crippen LogP contribution in [0, 0.1) is 13.8 Å². The van der Waals surface area contributed by atoms with E-state index in [1.54, 1.807) is 6.07 Å². The van der Waals surface area contributed by atoms with Crippen LogP contribution >= 0.6 is 11.6 Å². The Morgan fingerprint density at radius 2 is 1.88 bits per heavy atom. The molecule has 2 aromatic heterocycles. The van der Waals surface area contributed by atoms with Gasteiger partial charge in [-0.05, 0) is 60.4 Å². The molecule has 6 nitrogen and oxygen atoms in total. The molecule has 0 bridgehead atoms. The maximum absolute atomic E-state index is 12.0. The summed E-state index contributed by atoms with van der Waals surface area (Å²) >= 11 is 6.28. The lowest BCUT2D eigenvalue weighted by Crippen LogP contribution is -2.23. The van der Waals surface area contributed by atoms with Crippen molar-refractivity contribution in [2.75, 3.05) is 0 Å². The minimum Gasteiger partial charge on any atom is -0.313 e. The highest BCUT2D eigenvalue weighted by Crippen LogP contribution is 2.56. The number of rotatable bonds is 3. The number of hydrogen-bond donors (Lipinski definition) is 2. The van der Waals surface area contributed by atoms with Gasteiger partial charge in [-0.25, -0.2) is 4.79 Å². The number of benzene rings is 1. The standard InChI is InChI=1S/C19H17ClN4O2/c1-9-3-4-11(5-10(9)2)12-6-13(12)14-7-16(23-24-17(14)20)15-8-21-19(26)22-18(15)25/h3-5,7-8,12-13H,6H2,1-2H3,(H2,21,22,25,26). The zero-order valence-electron chi connectivity index (χ0n) is 14.3. The van der Waals surface area contributed by atoms with E-state index in [1.807, 2.05) is 0 Å². The fourth-order valence-corrected chi connectivity index (χ4v) is 3.52. The molecule has 1 saturated carbocycles. The van der Waals surface area contributed by atoms with Crippen LogP contribution in [0.5, 0.6) is 0 Å². The maximum Gasteiger partial charge on any atom is 0.325 e. The molecular weight excluding hydrogens is 352 g/mol. The summed E-state index contributed by atoms with van der Waals surface area (Å²) in [6.45, 7) is 4.21. The molecule has 1 aliphatic rings. The second-order valence-electron chi connectivity index (χ2n) is 6.75. The van der Waals surface area contributed by atoms with Gasteiger partial charge in [0, 0.05) is 6.20 Å². The van der Waals surface area contributed by atoms with E-state index in [9.17, 15) is 9.59 Å². The fourth-order valence-electron chi connectivity index (χ4n) is 3.29. The van der Waals surface area contributed by atoms with Gasteiger partial charge in [0.25, 0.3) is 5.56 Å². The average Bonchev–Trinajstić information content (AvgIpc) is 3.39. The third-order valence-corrected chi connectivity index (χ3v) is 5.31. The zero-order chi connectivity index (χ0) is 18.4. The molecule has 26 heavy (non-hydrogen) atoms. The van der Waals surface area contributed by atoms with E-state index < -0.39 is 11.2 Å². The smallest absolute Gasteiger partial charge is 0.313 e. The van der Waals surface area contributed by atoms with Crippen molar-refractivity contribution in [3.63, 3.8) is 0 Å². The van der Waals surface area contributed by atoms with Gasteiger partial charge >= 0.3 is 5.69 Å². The predicted molar refractivity (Wildman–Crippen MR) is 99.7 cm³/mol. The Balaban J connectivity index is 1.69. The topological polar surface area (TPSA) is 91.5 Å². The van der Waals surface area contributed by atoms with Gasteiger partial charge in [0.15, 0.2) is 5.15 Å². The number of aryl methyl sites for hydroxylation is 2. The van der Waals surface area contributed by atoms with Gasteiger partial charge in [0.2, 0.25) is 0 Å². The van der Waals surface area contributed by atoms with Crippen LogP contribution < -0.4 is 11.2 Å². The molecule has 4 rings (SSSR count). The predicted octanol–water partition coefficient (Wildman–Crippen LogP) is 3.06. The van der Waals surface area contributed by atoms with Crippen molar-refractivity contribution in [2.45, 2.75) is 32.1 Å². The SMILES string of the molecule is Cc1ccc(C2CC2c2cc(-c3c[nH]c(=O)[nH]c3=O)nnc2Cl)cc1C. The van der Waals surface area contributed by atoms with Gasteiger partial charge in [0.05, 0.1) is 5.56 Å². The van der Waals surface area contributed by atoms with Crippen molar-refractivity contribution in [1.82, 2.24) is 20.2 Å². The molecule has 7 heteroatoms. The van der Waals surface area contributed by atoms with Gasteiger partial charge in [-0.2, -0.15) is 0 Å². The van der Waals surface area contributed by atoms with Crippen LogP contribution in [0.25, 0.3) is 11.3 Å². The summed E-state index contributed by atoms with van der Waals surface area (Å²) in [5, 5.41) is 8.37. The monoisotopic (exact) mass is 368 g/mol. The first kappa shape index (κ1) is 16.7. The van der Waals surface area contributed by atoms with Crippen LogP contribution in [0.15, 0.2) is 40.1 Å². The zero-order valence-corrected chi connectivity index (χ0v) is 15.1. The number of nitrogens with zero attached hydrogens (tertiary/aromatic N) is 2. The third kappa shape index (κ3) is 2.97. The van der Waals surface area contributed by atoms with Crippen LogP contribution in [0.2, 0.25) is 5.15 Å². The van der Waals surface area contributed by atoms with E-state index in [0.29, 0.717) is 16.8 Å². The Labute approximate surface area is 154 Å².